The fraction of sp³-hybridized carbons (Fsp3) is 0.200. The fourth-order valence-electron chi connectivity index (χ4n) is 3.11. The smallest absolute Gasteiger partial charge is 0.173 e. The molecule has 1 aliphatic heterocycles. The van der Waals surface area contributed by atoms with E-state index in [9.17, 15) is 0 Å². The van der Waals surface area contributed by atoms with Crippen LogP contribution in [0.1, 0.15) is 5.56 Å². The highest BCUT2D eigenvalue weighted by Crippen LogP contribution is 2.42. The number of nitrogens with one attached hydrogen (secondary N) is 1. The van der Waals surface area contributed by atoms with E-state index in [-0.39, 0.29) is 0 Å². The van der Waals surface area contributed by atoms with Gasteiger partial charge in [0.05, 0.1) is 38.9 Å². The largest absolute Gasteiger partial charge is 0.496 e. The van der Waals surface area contributed by atoms with Crippen molar-refractivity contribution >= 4 is 11.5 Å². The molecule has 3 heterocycles. The number of ether oxygens (including phenoxy) is 3. The van der Waals surface area contributed by atoms with Gasteiger partial charge in [0, 0.05) is 35.4 Å². The first-order valence-corrected chi connectivity index (χ1v) is 8.34. The Hall–Kier alpha value is -3.28. The van der Waals surface area contributed by atoms with Crippen LogP contribution in [0, 0.1) is 0 Å². The van der Waals surface area contributed by atoms with Crippen molar-refractivity contribution in [2.24, 2.45) is 0 Å². The van der Waals surface area contributed by atoms with Crippen LogP contribution in [0.15, 0.2) is 48.9 Å². The van der Waals surface area contributed by atoms with Crippen molar-refractivity contribution < 1.29 is 14.2 Å². The Labute approximate surface area is 151 Å². The second-order valence-corrected chi connectivity index (χ2v) is 5.87. The summed E-state index contributed by atoms with van der Waals surface area (Å²) < 4.78 is 16.6. The third kappa shape index (κ3) is 2.90. The average molecular weight is 349 g/mol. The van der Waals surface area contributed by atoms with Crippen molar-refractivity contribution in [3.05, 3.63) is 54.5 Å². The molecule has 1 N–H and O–H groups in total. The number of aromatic nitrogens is 2. The van der Waals surface area contributed by atoms with Gasteiger partial charge in [-0.25, -0.2) is 4.98 Å². The lowest BCUT2D eigenvalue weighted by molar-refractivity contribution is 0.357. The number of benzene rings is 1. The van der Waals surface area contributed by atoms with Gasteiger partial charge in [0.2, 0.25) is 0 Å². The summed E-state index contributed by atoms with van der Waals surface area (Å²) in [6, 6.07) is 9.80. The first-order chi connectivity index (χ1) is 12.8. The van der Waals surface area contributed by atoms with Gasteiger partial charge >= 0.3 is 0 Å². The second kappa shape index (κ2) is 6.92. The van der Waals surface area contributed by atoms with E-state index in [0.717, 1.165) is 40.3 Å². The lowest BCUT2D eigenvalue weighted by atomic mass is 9.99. The van der Waals surface area contributed by atoms with Crippen LogP contribution < -0.4 is 19.5 Å². The van der Waals surface area contributed by atoms with Crippen LogP contribution in [0.2, 0.25) is 0 Å². The molecule has 0 aliphatic carbocycles. The molecule has 0 amide bonds. The summed E-state index contributed by atoms with van der Waals surface area (Å²) in [5.74, 6) is 2.95. The number of pyridine rings is 2. The standard InChI is InChI=1S/C20H19N3O3/c1-24-14-9-13(10-21-11-14)23-20-19-16(7-8-26-19)17(12-22-20)15-5-3-4-6-18(15)25-2/h3-6,9-12H,7-8H2,1-2H3,(H,22,23). The van der Waals surface area contributed by atoms with Crippen LogP contribution in [0.4, 0.5) is 11.5 Å². The molecule has 1 aliphatic rings. The highest BCUT2D eigenvalue weighted by molar-refractivity contribution is 5.79. The van der Waals surface area contributed by atoms with E-state index in [2.05, 4.69) is 15.3 Å². The zero-order valence-electron chi connectivity index (χ0n) is 14.7. The summed E-state index contributed by atoms with van der Waals surface area (Å²) in [6.45, 7) is 0.633. The Kier molecular flexibility index (Phi) is 4.31. The number of hydrogen-bond acceptors (Lipinski definition) is 6. The van der Waals surface area contributed by atoms with Crippen molar-refractivity contribution in [2.75, 3.05) is 26.1 Å². The molecule has 4 rings (SSSR count). The molecular formula is C20H19N3O3. The quantitative estimate of drug-likeness (QED) is 0.755. The highest BCUT2D eigenvalue weighted by atomic mass is 16.5. The van der Waals surface area contributed by atoms with E-state index in [4.69, 9.17) is 14.2 Å². The van der Waals surface area contributed by atoms with E-state index >= 15 is 0 Å². The Morgan fingerprint density at radius 1 is 1.04 bits per heavy atom. The minimum Gasteiger partial charge on any atom is -0.496 e. The van der Waals surface area contributed by atoms with Gasteiger partial charge in [0.15, 0.2) is 11.6 Å². The number of fused-ring (bicyclic) bond motifs is 1. The third-order valence-corrected chi connectivity index (χ3v) is 4.34. The monoisotopic (exact) mass is 349 g/mol. The normalized spacial score (nSPS) is 12.2. The van der Waals surface area contributed by atoms with Gasteiger partial charge < -0.3 is 19.5 Å². The summed E-state index contributed by atoms with van der Waals surface area (Å²) in [4.78, 5) is 8.75. The van der Waals surface area contributed by atoms with Crippen molar-refractivity contribution in [3.8, 4) is 28.4 Å². The molecule has 6 heteroatoms. The number of rotatable bonds is 5. The number of hydrogen-bond donors (Lipinski definition) is 1. The molecule has 0 saturated carbocycles. The zero-order valence-corrected chi connectivity index (χ0v) is 14.7. The Bertz CT molecular complexity index is 943. The minimum atomic E-state index is 0.633. The van der Waals surface area contributed by atoms with Crippen LogP contribution in [-0.2, 0) is 6.42 Å². The maximum Gasteiger partial charge on any atom is 0.173 e. The van der Waals surface area contributed by atoms with Crippen molar-refractivity contribution in [3.63, 3.8) is 0 Å². The summed E-state index contributed by atoms with van der Waals surface area (Å²) in [6.07, 6.45) is 6.07. The SMILES string of the molecule is COc1cncc(Nc2ncc(-c3ccccc3OC)c3c2OCC3)c1. The molecule has 0 saturated heterocycles. The van der Waals surface area contributed by atoms with E-state index in [0.29, 0.717) is 18.2 Å². The summed E-state index contributed by atoms with van der Waals surface area (Å²) in [5, 5.41) is 3.28. The molecule has 1 aromatic carbocycles. The van der Waals surface area contributed by atoms with Gasteiger partial charge in [0.25, 0.3) is 0 Å². The molecule has 2 aromatic heterocycles. The summed E-state index contributed by atoms with van der Waals surface area (Å²) in [5.41, 5.74) is 3.96. The number of para-hydroxylation sites is 1. The Balaban J connectivity index is 1.74. The van der Waals surface area contributed by atoms with Crippen LogP contribution in [0.5, 0.6) is 17.2 Å². The molecule has 6 nitrogen and oxygen atoms in total. The molecule has 0 fully saturated rings. The minimum absolute atomic E-state index is 0.633. The molecule has 0 radical (unpaired) electrons. The first-order valence-electron chi connectivity index (χ1n) is 8.34. The van der Waals surface area contributed by atoms with Gasteiger partial charge in [-0.3, -0.25) is 4.98 Å². The lowest BCUT2D eigenvalue weighted by Crippen LogP contribution is -1.99. The van der Waals surface area contributed by atoms with Gasteiger partial charge in [-0.2, -0.15) is 0 Å². The van der Waals surface area contributed by atoms with E-state index in [1.54, 1.807) is 26.6 Å². The maximum absolute atomic E-state index is 5.88. The van der Waals surface area contributed by atoms with Crippen LogP contribution in [0.25, 0.3) is 11.1 Å². The van der Waals surface area contributed by atoms with Gasteiger partial charge in [-0.15, -0.1) is 0 Å². The predicted molar refractivity (Wildman–Crippen MR) is 99.5 cm³/mol. The third-order valence-electron chi connectivity index (χ3n) is 4.34. The van der Waals surface area contributed by atoms with Crippen LogP contribution in [-0.4, -0.2) is 30.8 Å². The van der Waals surface area contributed by atoms with Gasteiger partial charge in [0.1, 0.15) is 11.5 Å². The molecule has 3 aromatic rings. The van der Waals surface area contributed by atoms with Gasteiger partial charge in [-0.1, -0.05) is 18.2 Å². The van der Waals surface area contributed by atoms with Gasteiger partial charge in [-0.05, 0) is 6.07 Å². The molecule has 0 unspecified atom stereocenters. The molecule has 0 bridgehead atoms. The zero-order chi connectivity index (χ0) is 17.9. The molecule has 132 valence electrons. The topological polar surface area (TPSA) is 65.5 Å². The van der Waals surface area contributed by atoms with E-state index in [1.165, 1.54) is 0 Å². The molecule has 0 atom stereocenters. The van der Waals surface area contributed by atoms with E-state index < -0.39 is 0 Å². The average Bonchev–Trinajstić information content (AvgIpc) is 3.19. The highest BCUT2D eigenvalue weighted by Gasteiger charge is 2.23. The molecular weight excluding hydrogens is 330 g/mol. The first kappa shape index (κ1) is 16.2. The van der Waals surface area contributed by atoms with Crippen molar-refractivity contribution in [1.82, 2.24) is 9.97 Å². The predicted octanol–water partition coefficient (Wildman–Crippen LogP) is 3.84. The van der Waals surface area contributed by atoms with Crippen molar-refractivity contribution in [2.45, 2.75) is 6.42 Å². The molecule has 26 heavy (non-hydrogen) atoms. The van der Waals surface area contributed by atoms with Crippen molar-refractivity contribution in [1.29, 1.82) is 0 Å². The number of methoxy groups -OCH3 is 2. The second-order valence-electron chi connectivity index (χ2n) is 5.87. The summed E-state index contributed by atoms with van der Waals surface area (Å²) >= 11 is 0. The number of anilines is 2. The number of nitrogens with zero attached hydrogens (tertiary/aromatic N) is 2. The van der Waals surface area contributed by atoms with Crippen LogP contribution >= 0.6 is 0 Å². The fourth-order valence-corrected chi connectivity index (χ4v) is 3.11. The summed E-state index contributed by atoms with van der Waals surface area (Å²) in [7, 11) is 3.29. The van der Waals surface area contributed by atoms with E-state index in [1.807, 2.05) is 36.5 Å². The Morgan fingerprint density at radius 3 is 2.77 bits per heavy atom. The maximum atomic E-state index is 5.88. The lowest BCUT2D eigenvalue weighted by Gasteiger charge is -2.14. The van der Waals surface area contributed by atoms with Crippen LogP contribution in [0.3, 0.4) is 0 Å². The molecule has 0 spiro atoms. The Morgan fingerprint density at radius 2 is 1.92 bits per heavy atom.